The number of aliphatic hydroxyl groups is 1. The third-order valence-electron chi connectivity index (χ3n) is 5.61. The SMILES string of the molecule is CC(C)(O)C(C)(C)OBc1ccc2c(oc3ccc4ccccc4c32)c1Cl. The van der Waals surface area contributed by atoms with Crippen LogP contribution in [0, 0.1) is 0 Å². The van der Waals surface area contributed by atoms with Gasteiger partial charge in [0.1, 0.15) is 5.58 Å². The van der Waals surface area contributed by atoms with Gasteiger partial charge in [0.15, 0.2) is 5.58 Å². The van der Waals surface area contributed by atoms with Gasteiger partial charge in [-0.15, -0.1) is 0 Å². The molecule has 0 radical (unpaired) electrons. The molecule has 0 bridgehead atoms. The fraction of sp³-hybridized carbons (Fsp3) is 0.273. The van der Waals surface area contributed by atoms with Gasteiger partial charge in [0, 0.05) is 10.8 Å². The standard InChI is InChI=1S/C22H22BClO3/c1-21(2,25)22(3,4)27-23-16-11-10-15-18-14-8-6-5-7-13(14)9-12-17(18)26-20(15)19(16)24/h5-12,23,25H,1-4H3. The van der Waals surface area contributed by atoms with Gasteiger partial charge in [0.05, 0.1) is 16.2 Å². The predicted octanol–water partition coefficient (Wildman–Crippen LogP) is 4.94. The predicted molar refractivity (Wildman–Crippen MR) is 114 cm³/mol. The van der Waals surface area contributed by atoms with Crippen molar-refractivity contribution in [2.75, 3.05) is 0 Å². The van der Waals surface area contributed by atoms with Crippen LogP contribution in [0.15, 0.2) is 52.9 Å². The molecule has 1 N–H and O–H groups in total. The largest absolute Gasteiger partial charge is 0.454 e. The zero-order valence-corrected chi connectivity index (χ0v) is 16.7. The maximum absolute atomic E-state index is 10.3. The number of halogens is 1. The lowest BCUT2D eigenvalue weighted by Gasteiger charge is -2.37. The average molecular weight is 381 g/mol. The van der Waals surface area contributed by atoms with E-state index in [9.17, 15) is 5.11 Å². The van der Waals surface area contributed by atoms with Gasteiger partial charge in [-0.2, -0.15) is 0 Å². The van der Waals surface area contributed by atoms with Crippen molar-refractivity contribution in [3.05, 3.63) is 53.6 Å². The Hall–Kier alpha value is -2.01. The van der Waals surface area contributed by atoms with Crippen molar-refractivity contribution < 1.29 is 14.2 Å². The van der Waals surface area contributed by atoms with Crippen LogP contribution in [0.2, 0.25) is 5.02 Å². The molecule has 3 aromatic carbocycles. The van der Waals surface area contributed by atoms with E-state index in [1.807, 2.05) is 44.2 Å². The summed E-state index contributed by atoms with van der Waals surface area (Å²) in [6.45, 7) is 7.21. The average Bonchev–Trinajstić information content (AvgIpc) is 3.00. The lowest BCUT2D eigenvalue weighted by atomic mass is 9.82. The maximum atomic E-state index is 10.3. The molecule has 0 atom stereocenters. The zero-order valence-electron chi connectivity index (χ0n) is 16.0. The summed E-state index contributed by atoms with van der Waals surface area (Å²) in [7, 11) is 0.295. The second-order valence-corrected chi connectivity index (χ2v) is 8.41. The lowest BCUT2D eigenvalue weighted by Crippen LogP contribution is -2.49. The molecule has 4 rings (SSSR count). The van der Waals surface area contributed by atoms with Crippen molar-refractivity contribution in [1.29, 1.82) is 0 Å². The first-order valence-electron chi connectivity index (χ1n) is 9.07. The fourth-order valence-electron chi connectivity index (χ4n) is 3.16. The Kier molecular flexibility index (Phi) is 4.26. The molecule has 0 aliphatic rings. The third-order valence-corrected chi connectivity index (χ3v) is 6.03. The minimum Gasteiger partial charge on any atom is -0.454 e. The van der Waals surface area contributed by atoms with Gasteiger partial charge in [0.25, 0.3) is 0 Å². The van der Waals surface area contributed by atoms with Crippen molar-refractivity contribution in [1.82, 2.24) is 0 Å². The molecule has 4 aromatic rings. The normalized spacial score (nSPS) is 13.0. The fourth-order valence-corrected chi connectivity index (χ4v) is 3.42. The van der Waals surface area contributed by atoms with Gasteiger partial charge >= 0.3 is 7.48 Å². The number of rotatable bonds is 4. The Morgan fingerprint density at radius 2 is 1.70 bits per heavy atom. The highest BCUT2D eigenvalue weighted by Crippen LogP contribution is 2.37. The van der Waals surface area contributed by atoms with E-state index in [4.69, 9.17) is 20.7 Å². The smallest absolute Gasteiger partial charge is 0.311 e. The number of fused-ring (bicyclic) bond motifs is 5. The first-order valence-corrected chi connectivity index (χ1v) is 9.44. The van der Waals surface area contributed by atoms with Gasteiger partial charge < -0.3 is 14.2 Å². The molecular weight excluding hydrogens is 359 g/mol. The van der Waals surface area contributed by atoms with Crippen molar-refractivity contribution >= 4 is 57.3 Å². The van der Waals surface area contributed by atoms with Crippen LogP contribution in [0.3, 0.4) is 0 Å². The van der Waals surface area contributed by atoms with Crippen molar-refractivity contribution in [3.63, 3.8) is 0 Å². The Labute approximate surface area is 164 Å². The molecule has 1 heterocycles. The van der Waals surface area contributed by atoms with Gasteiger partial charge in [-0.05, 0) is 50.0 Å². The Morgan fingerprint density at radius 1 is 0.963 bits per heavy atom. The molecule has 5 heteroatoms. The van der Waals surface area contributed by atoms with Gasteiger partial charge in [-0.3, -0.25) is 0 Å². The highest BCUT2D eigenvalue weighted by molar-refractivity contribution is 6.55. The van der Waals surface area contributed by atoms with E-state index in [0.717, 1.165) is 27.2 Å². The minimum atomic E-state index is -0.970. The Balaban J connectivity index is 1.81. The summed E-state index contributed by atoms with van der Waals surface area (Å²) < 4.78 is 12.1. The van der Waals surface area contributed by atoms with Crippen molar-refractivity contribution in [3.8, 4) is 0 Å². The maximum Gasteiger partial charge on any atom is 0.311 e. The second kappa shape index (κ2) is 6.27. The van der Waals surface area contributed by atoms with E-state index >= 15 is 0 Å². The monoisotopic (exact) mass is 380 g/mol. The molecule has 0 aliphatic heterocycles. The molecule has 3 nitrogen and oxygen atoms in total. The van der Waals surface area contributed by atoms with Crippen LogP contribution in [0.5, 0.6) is 0 Å². The molecule has 1 aromatic heterocycles. The second-order valence-electron chi connectivity index (χ2n) is 8.04. The Morgan fingerprint density at radius 3 is 2.44 bits per heavy atom. The summed E-state index contributed by atoms with van der Waals surface area (Å²) in [5.74, 6) is 0. The number of hydrogen-bond acceptors (Lipinski definition) is 3. The van der Waals surface area contributed by atoms with E-state index < -0.39 is 11.2 Å². The first-order chi connectivity index (χ1) is 12.7. The molecule has 0 fully saturated rings. The summed E-state index contributed by atoms with van der Waals surface area (Å²) in [6.07, 6.45) is 0. The minimum absolute atomic E-state index is 0.295. The van der Waals surface area contributed by atoms with Crippen LogP contribution in [0.4, 0.5) is 0 Å². The molecule has 0 amide bonds. The van der Waals surface area contributed by atoms with E-state index in [2.05, 4.69) is 18.2 Å². The number of hydrogen-bond donors (Lipinski definition) is 1. The third kappa shape index (κ3) is 3.02. The quantitative estimate of drug-likeness (QED) is 0.510. The molecule has 0 aliphatic carbocycles. The van der Waals surface area contributed by atoms with Crippen LogP contribution < -0.4 is 5.46 Å². The van der Waals surface area contributed by atoms with E-state index in [0.29, 0.717) is 18.1 Å². The van der Waals surface area contributed by atoms with Gasteiger partial charge in [-0.25, -0.2) is 0 Å². The first kappa shape index (κ1) is 18.4. The van der Waals surface area contributed by atoms with Gasteiger partial charge in [0.2, 0.25) is 0 Å². The zero-order chi connectivity index (χ0) is 19.4. The molecule has 0 saturated heterocycles. The molecule has 0 saturated carbocycles. The molecule has 27 heavy (non-hydrogen) atoms. The highest BCUT2D eigenvalue weighted by atomic mass is 35.5. The number of furan rings is 1. The van der Waals surface area contributed by atoms with Gasteiger partial charge in [-0.1, -0.05) is 54.1 Å². The van der Waals surface area contributed by atoms with Crippen LogP contribution in [-0.2, 0) is 4.65 Å². The van der Waals surface area contributed by atoms with E-state index in [-0.39, 0.29) is 0 Å². The van der Waals surface area contributed by atoms with E-state index in [1.165, 1.54) is 5.39 Å². The van der Waals surface area contributed by atoms with E-state index in [1.54, 1.807) is 13.8 Å². The van der Waals surface area contributed by atoms with Crippen LogP contribution >= 0.6 is 11.6 Å². The summed E-state index contributed by atoms with van der Waals surface area (Å²) in [5, 5.41) is 15.2. The molecule has 138 valence electrons. The van der Waals surface area contributed by atoms with Crippen molar-refractivity contribution in [2.45, 2.75) is 38.9 Å². The van der Waals surface area contributed by atoms with Crippen LogP contribution in [-0.4, -0.2) is 23.8 Å². The number of benzene rings is 3. The van der Waals surface area contributed by atoms with Crippen LogP contribution in [0.1, 0.15) is 27.7 Å². The summed E-state index contributed by atoms with van der Waals surface area (Å²) in [4.78, 5) is 0. The topological polar surface area (TPSA) is 42.6 Å². The van der Waals surface area contributed by atoms with Crippen LogP contribution in [0.25, 0.3) is 32.7 Å². The molecule has 0 spiro atoms. The van der Waals surface area contributed by atoms with Crippen molar-refractivity contribution in [2.24, 2.45) is 0 Å². The summed E-state index contributed by atoms with van der Waals surface area (Å²) in [5.41, 5.74) is 0.646. The Bertz CT molecular complexity index is 1160. The lowest BCUT2D eigenvalue weighted by molar-refractivity contribution is -0.0893. The summed E-state index contributed by atoms with van der Waals surface area (Å²) in [6, 6.07) is 16.3. The summed E-state index contributed by atoms with van der Waals surface area (Å²) >= 11 is 6.67. The molecule has 0 unspecified atom stereocenters. The molecular formula is C22H22BClO3. The highest BCUT2D eigenvalue weighted by Gasteiger charge is 2.36.